The van der Waals surface area contributed by atoms with Crippen molar-refractivity contribution in [2.24, 2.45) is 0 Å². The molecule has 2 N–H and O–H groups in total. The molecule has 6 nitrogen and oxygen atoms in total. The normalized spacial score (nSPS) is 17.4. The van der Waals surface area contributed by atoms with Gasteiger partial charge in [0.15, 0.2) is 0 Å². The molecule has 0 radical (unpaired) electrons. The van der Waals surface area contributed by atoms with Crippen LogP contribution in [0.2, 0.25) is 0 Å². The molecule has 0 aliphatic carbocycles. The topological polar surface area (TPSA) is 78.9 Å². The Hall–Kier alpha value is -1.14. The predicted molar refractivity (Wildman–Crippen MR) is 57.1 cm³/mol. The number of hydrogen-bond donors (Lipinski definition) is 2. The first kappa shape index (κ1) is 12.9. The van der Waals surface area contributed by atoms with E-state index in [-0.39, 0.29) is 18.6 Å². The second kappa shape index (κ2) is 6.44. The summed E-state index contributed by atoms with van der Waals surface area (Å²) in [4.78, 5) is 23.6. The number of piperidine rings is 1. The molecule has 1 aliphatic heterocycles. The molecule has 1 rings (SSSR count). The zero-order valence-electron chi connectivity index (χ0n) is 9.44. The van der Waals surface area contributed by atoms with E-state index >= 15 is 0 Å². The van der Waals surface area contributed by atoms with Gasteiger partial charge in [-0.25, -0.2) is 4.79 Å². The van der Waals surface area contributed by atoms with Gasteiger partial charge < -0.3 is 20.1 Å². The summed E-state index contributed by atoms with van der Waals surface area (Å²) in [5.41, 5.74) is 0. The van der Waals surface area contributed by atoms with Crippen molar-refractivity contribution in [2.75, 3.05) is 33.3 Å². The molecule has 0 spiro atoms. The fourth-order valence-electron chi connectivity index (χ4n) is 1.72. The predicted octanol–water partition coefficient (Wildman–Crippen LogP) is -0.702. The Bertz CT molecular complexity index is 249. The number of rotatable bonds is 5. The third-order valence-electron chi connectivity index (χ3n) is 2.57. The number of carboxylic acids is 1. The second-order valence-electron chi connectivity index (χ2n) is 3.82. The summed E-state index contributed by atoms with van der Waals surface area (Å²) in [5, 5.41) is 11.3. The molecule has 1 heterocycles. The van der Waals surface area contributed by atoms with E-state index in [2.05, 4.69) is 5.32 Å². The van der Waals surface area contributed by atoms with Crippen molar-refractivity contribution in [3.8, 4) is 0 Å². The van der Waals surface area contributed by atoms with Gasteiger partial charge in [0.05, 0.1) is 12.6 Å². The lowest BCUT2D eigenvalue weighted by atomic mass is 10.1. The summed E-state index contributed by atoms with van der Waals surface area (Å²) in [7, 11) is 1.74. The number of likely N-dealkylation sites (N-methyl/N-ethyl adjacent to an activating group) is 1. The van der Waals surface area contributed by atoms with E-state index in [0.29, 0.717) is 32.5 Å². The first-order valence-corrected chi connectivity index (χ1v) is 5.39. The number of carboxylic acid groups (broad SMARTS) is 1. The van der Waals surface area contributed by atoms with Crippen LogP contribution in [0.5, 0.6) is 0 Å². The number of amides is 1. The van der Waals surface area contributed by atoms with Crippen molar-refractivity contribution in [1.29, 1.82) is 0 Å². The van der Waals surface area contributed by atoms with E-state index in [9.17, 15) is 9.59 Å². The lowest BCUT2D eigenvalue weighted by molar-refractivity contribution is -0.146. The lowest BCUT2D eigenvalue weighted by Crippen LogP contribution is -2.44. The molecule has 1 amide bonds. The van der Waals surface area contributed by atoms with Gasteiger partial charge in [0.1, 0.15) is 6.61 Å². The SMILES string of the molecule is CNCC(=O)N1CCC(OCC(=O)O)CC1. The van der Waals surface area contributed by atoms with Crippen LogP contribution in [0, 0.1) is 0 Å². The molecule has 0 bridgehead atoms. The standard InChI is InChI=1S/C10H18N2O4/c1-11-6-9(13)12-4-2-8(3-5-12)16-7-10(14)15/h8,11H,2-7H2,1H3,(H,14,15). The molecule has 0 aromatic carbocycles. The van der Waals surface area contributed by atoms with Crippen LogP contribution < -0.4 is 5.32 Å². The van der Waals surface area contributed by atoms with Crippen LogP contribution in [-0.2, 0) is 14.3 Å². The molecule has 1 aliphatic rings. The van der Waals surface area contributed by atoms with Gasteiger partial charge in [-0.3, -0.25) is 4.79 Å². The Balaban J connectivity index is 2.23. The van der Waals surface area contributed by atoms with E-state index in [1.54, 1.807) is 11.9 Å². The molecule has 16 heavy (non-hydrogen) atoms. The van der Waals surface area contributed by atoms with E-state index in [0.717, 1.165) is 0 Å². The first-order valence-electron chi connectivity index (χ1n) is 5.39. The van der Waals surface area contributed by atoms with Crippen molar-refractivity contribution in [2.45, 2.75) is 18.9 Å². The summed E-state index contributed by atoms with van der Waals surface area (Å²) in [6, 6.07) is 0. The van der Waals surface area contributed by atoms with Gasteiger partial charge in [-0.15, -0.1) is 0 Å². The third-order valence-corrected chi connectivity index (χ3v) is 2.57. The maximum Gasteiger partial charge on any atom is 0.329 e. The summed E-state index contributed by atoms with van der Waals surface area (Å²) < 4.78 is 5.18. The minimum Gasteiger partial charge on any atom is -0.480 e. The van der Waals surface area contributed by atoms with Crippen LogP contribution in [0.3, 0.4) is 0 Å². The van der Waals surface area contributed by atoms with Gasteiger partial charge in [-0.05, 0) is 19.9 Å². The van der Waals surface area contributed by atoms with Gasteiger partial charge in [0.2, 0.25) is 5.91 Å². The van der Waals surface area contributed by atoms with Gasteiger partial charge in [-0.2, -0.15) is 0 Å². The highest BCUT2D eigenvalue weighted by molar-refractivity contribution is 5.78. The van der Waals surface area contributed by atoms with Crippen molar-refractivity contribution in [3.05, 3.63) is 0 Å². The molecule has 1 saturated heterocycles. The number of likely N-dealkylation sites (tertiary alicyclic amines) is 1. The molecule has 1 fully saturated rings. The van der Waals surface area contributed by atoms with Crippen LogP contribution >= 0.6 is 0 Å². The van der Waals surface area contributed by atoms with Crippen molar-refractivity contribution < 1.29 is 19.4 Å². The lowest BCUT2D eigenvalue weighted by Gasteiger charge is -2.31. The van der Waals surface area contributed by atoms with Crippen LogP contribution in [0.25, 0.3) is 0 Å². The molecule has 0 atom stereocenters. The Morgan fingerprint density at radius 1 is 1.44 bits per heavy atom. The Morgan fingerprint density at radius 2 is 2.06 bits per heavy atom. The Morgan fingerprint density at radius 3 is 2.56 bits per heavy atom. The average molecular weight is 230 g/mol. The summed E-state index contributed by atoms with van der Waals surface area (Å²) in [6.07, 6.45) is 1.39. The first-order chi connectivity index (χ1) is 7.63. The largest absolute Gasteiger partial charge is 0.480 e. The van der Waals surface area contributed by atoms with Crippen LogP contribution in [0.15, 0.2) is 0 Å². The molecule has 0 saturated carbocycles. The van der Waals surface area contributed by atoms with Crippen molar-refractivity contribution >= 4 is 11.9 Å². The summed E-state index contributed by atoms with van der Waals surface area (Å²) in [5.74, 6) is -0.868. The van der Waals surface area contributed by atoms with Crippen molar-refractivity contribution in [1.82, 2.24) is 10.2 Å². The van der Waals surface area contributed by atoms with Gasteiger partial charge in [0, 0.05) is 13.1 Å². The fourth-order valence-corrected chi connectivity index (χ4v) is 1.72. The van der Waals surface area contributed by atoms with Crippen molar-refractivity contribution in [3.63, 3.8) is 0 Å². The molecule has 0 unspecified atom stereocenters. The Labute approximate surface area is 94.6 Å². The van der Waals surface area contributed by atoms with Crippen LogP contribution in [0.4, 0.5) is 0 Å². The van der Waals surface area contributed by atoms with E-state index in [4.69, 9.17) is 9.84 Å². The fraction of sp³-hybridized carbons (Fsp3) is 0.800. The molecule has 0 aromatic heterocycles. The quantitative estimate of drug-likeness (QED) is 0.653. The maximum absolute atomic E-state index is 11.5. The molecular formula is C10H18N2O4. The zero-order valence-corrected chi connectivity index (χ0v) is 9.44. The van der Waals surface area contributed by atoms with Crippen LogP contribution in [0.1, 0.15) is 12.8 Å². The van der Waals surface area contributed by atoms with Gasteiger partial charge >= 0.3 is 5.97 Å². The molecule has 6 heteroatoms. The van der Waals surface area contributed by atoms with E-state index in [1.165, 1.54) is 0 Å². The summed E-state index contributed by atoms with van der Waals surface area (Å²) >= 11 is 0. The van der Waals surface area contributed by atoms with Gasteiger partial charge in [0.25, 0.3) is 0 Å². The smallest absolute Gasteiger partial charge is 0.329 e. The van der Waals surface area contributed by atoms with E-state index in [1.807, 2.05) is 0 Å². The zero-order chi connectivity index (χ0) is 12.0. The molecule has 92 valence electrons. The van der Waals surface area contributed by atoms with Crippen LogP contribution in [-0.4, -0.2) is 61.3 Å². The number of carbonyl (C=O) groups excluding carboxylic acids is 1. The van der Waals surface area contributed by atoms with Gasteiger partial charge in [-0.1, -0.05) is 0 Å². The van der Waals surface area contributed by atoms with E-state index < -0.39 is 5.97 Å². The highest BCUT2D eigenvalue weighted by Crippen LogP contribution is 2.13. The number of hydrogen-bond acceptors (Lipinski definition) is 4. The minimum absolute atomic E-state index is 0.0327. The highest BCUT2D eigenvalue weighted by Gasteiger charge is 2.22. The number of aliphatic carboxylic acids is 1. The third kappa shape index (κ3) is 4.16. The highest BCUT2D eigenvalue weighted by atomic mass is 16.5. The number of nitrogens with zero attached hydrogens (tertiary/aromatic N) is 1. The Kier molecular flexibility index (Phi) is 5.21. The number of ether oxygens (including phenoxy) is 1. The average Bonchev–Trinajstić information content (AvgIpc) is 2.27. The second-order valence-corrected chi connectivity index (χ2v) is 3.82. The monoisotopic (exact) mass is 230 g/mol. The minimum atomic E-state index is -0.950. The molecular weight excluding hydrogens is 212 g/mol. The number of carbonyl (C=O) groups is 2. The number of nitrogens with one attached hydrogen (secondary N) is 1. The molecule has 0 aromatic rings. The summed E-state index contributed by atoms with van der Waals surface area (Å²) in [6.45, 7) is 1.38. The maximum atomic E-state index is 11.5.